The lowest BCUT2D eigenvalue weighted by atomic mass is 9.81. The molecule has 2 amide bonds. The molecule has 1 unspecified atom stereocenters. The van der Waals surface area contributed by atoms with Crippen LogP contribution < -0.4 is 10.6 Å². The van der Waals surface area contributed by atoms with E-state index < -0.39 is 29.4 Å². The van der Waals surface area contributed by atoms with E-state index in [1.165, 1.54) is 0 Å². The van der Waals surface area contributed by atoms with E-state index in [-0.39, 0.29) is 29.7 Å². The van der Waals surface area contributed by atoms with E-state index in [1.807, 2.05) is 13.8 Å². The van der Waals surface area contributed by atoms with Gasteiger partial charge in [0.1, 0.15) is 0 Å². The van der Waals surface area contributed by atoms with Gasteiger partial charge in [0.05, 0.1) is 35.9 Å². The van der Waals surface area contributed by atoms with Crippen molar-refractivity contribution in [2.75, 3.05) is 13.2 Å². The molecule has 1 aromatic rings. The summed E-state index contributed by atoms with van der Waals surface area (Å²) in [7, 11) is 0. The van der Waals surface area contributed by atoms with Crippen LogP contribution in [0.4, 0.5) is 0 Å². The fourth-order valence-corrected chi connectivity index (χ4v) is 3.16. The van der Waals surface area contributed by atoms with Crippen LogP contribution in [0.1, 0.15) is 44.5 Å². The van der Waals surface area contributed by atoms with Crippen molar-refractivity contribution in [3.63, 3.8) is 0 Å². The molecule has 2 atom stereocenters. The molecule has 27 heavy (non-hydrogen) atoms. The Morgan fingerprint density at radius 1 is 1.30 bits per heavy atom. The van der Waals surface area contributed by atoms with E-state index in [9.17, 15) is 19.8 Å². The maximum absolute atomic E-state index is 12.3. The predicted molar refractivity (Wildman–Crippen MR) is 110 cm³/mol. The molecule has 0 saturated carbocycles. The van der Waals surface area contributed by atoms with Gasteiger partial charge < -0.3 is 20.8 Å². The number of nitrogens with one attached hydrogen (secondary N) is 2. The molecule has 0 aromatic heterocycles. The molecule has 8 heteroatoms. The van der Waals surface area contributed by atoms with Gasteiger partial charge in [-0.3, -0.25) is 9.59 Å². The van der Waals surface area contributed by atoms with E-state index in [1.54, 1.807) is 32.0 Å². The summed E-state index contributed by atoms with van der Waals surface area (Å²) in [6, 6.07) is 4.34. The summed E-state index contributed by atoms with van der Waals surface area (Å²) in [4.78, 5) is 24.5. The van der Waals surface area contributed by atoms with Crippen molar-refractivity contribution in [1.82, 2.24) is 10.6 Å². The topological polar surface area (TPSA) is 98.7 Å². The van der Waals surface area contributed by atoms with Crippen LogP contribution in [0.3, 0.4) is 0 Å². The third-order valence-corrected chi connectivity index (χ3v) is 5.07. The maximum Gasteiger partial charge on any atom is 0.253 e. The van der Waals surface area contributed by atoms with Crippen molar-refractivity contribution in [1.29, 1.82) is 0 Å². The average Bonchev–Trinajstić information content (AvgIpc) is 2.60. The minimum atomic E-state index is -0.927. The average molecular weight is 464 g/mol. The minimum absolute atomic E-state index is 0.212. The predicted octanol–water partition coefficient (Wildman–Crippen LogP) is 2.74. The molecular formula is C19H28BrClN2O4. The Balaban J connectivity index is 2.73. The van der Waals surface area contributed by atoms with Gasteiger partial charge in [0.25, 0.3) is 5.91 Å². The summed E-state index contributed by atoms with van der Waals surface area (Å²) in [5, 5.41) is 25.6. The molecule has 1 aromatic carbocycles. The fourth-order valence-electron chi connectivity index (χ4n) is 2.60. The molecule has 0 bridgehead atoms. The minimum Gasteiger partial charge on any atom is -0.396 e. The Kier molecular flexibility index (Phi) is 9.21. The van der Waals surface area contributed by atoms with Crippen molar-refractivity contribution in [3.05, 3.63) is 33.3 Å². The number of aliphatic hydroxyl groups excluding tert-OH is 2. The molecule has 0 saturated heterocycles. The SMILES string of the molecule is CC(C)C[C@@H](NC(=O)CNC(=O)c1cc(Br)ccc1Cl)C(O)C(C)(C)CO. The van der Waals surface area contributed by atoms with Crippen LogP contribution >= 0.6 is 27.5 Å². The number of rotatable bonds is 9. The zero-order valence-electron chi connectivity index (χ0n) is 16.1. The molecule has 0 fully saturated rings. The van der Waals surface area contributed by atoms with E-state index in [2.05, 4.69) is 26.6 Å². The zero-order valence-corrected chi connectivity index (χ0v) is 18.4. The summed E-state index contributed by atoms with van der Waals surface area (Å²) in [5.74, 6) is -0.657. The van der Waals surface area contributed by atoms with Crippen LogP contribution in [0.5, 0.6) is 0 Å². The lowest BCUT2D eigenvalue weighted by molar-refractivity contribution is -0.123. The Bertz CT molecular complexity index is 667. The van der Waals surface area contributed by atoms with Crippen molar-refractivity contribution in [2.24, 2.45) is 11.3 Å². The molecule has 0 aliphatic heterocycles. The first kappa shape index (κ1) is 23.9. The third kappa shape index (κ3) is 7.41. The Hall–Kier alpha value is -1.15. The third-order valence-electron chi connectivity index (χ3n) is 4.24. The number of aliphatic hydroxyl groups is 2. The standard InChI is InChI=1S/C19H28BrClN2O4/c1-11(2)7-15(17(26)19(3,4)10-24)23-16(25)9-22-18(27)13-8-12(20)5-6-14(13)21/h5-6,8,11,15,17,24,26H,7,9-10H2,1-4H3,(H,22,27)(H,23,25)/t15-,17?/m1/s1. The highest BCUT2D eigenvalue weighted by Crippen LogP contribution is 2.25. The van der Waals surface area contributed by atoms with Crippen LogP contribution in [0.15, 0.2) is 22.7 Å². The number of carbonyl (C=O) groups excluding carboxylic acids is 2. The van der Waals surface area contributed by atoms with E-state index >= 15 is 0 Å². The molecule has 0 heterocycles. The maximum atomic E-state index is 12.3. The van der Waals surface area contributed by atoms with Crippen molar-refractivity contribution < 1.29 is 19.8 Å². The molecule has 0 aliphatic carbocycles. The second-order valence-electron chi connectivity index (χ2n) is 7.70. The van der Waals surface area contributed by atoms with Gasteiger partial charge in [0.15, 0.2) is 0 Å². The molecule has 6 nitrogen and oxygen atoms in total. The van der Waals surface area contributed by atoms with Gasteiger partial charge in [-0.05, 0) is 30.5 Å². The highest BCUT2D eigenvalue weighted by atomic mass is 79.9. The van der Waals surface area contributed by atoms with E-state index in [4.69, 9.17) is 11.6 Å². The summed E-state index contributed by atoms with van der Waals surface area (Å²) in [6.07, 6.45) is -0.383. The summed E-state index contributed by atoms with van der Waals surface area (Å²) in [5.41, 5.74) is -0.501. The van der Waals surface area contributed by atoms with Crippen LogP contribution in [-0.4, -0.2) is 47.3 Å². The quantitative estimate of drug-likeness (QED) is 0.452. The lowest BCUT2D eigenvalue weighted by Crippen LogP contribution is -2.53. The molecule has 1 rings (SSSR count). The Morgan fingerprint density at radius 2 is 1.93 bits per heavy atom. The number of hydrogen-bond acceptors (Lipinski definition) is 4. The van der Waals surface area contributed by atoms with Gasteiger partial charge >= 0.3 is 0 Å². The summed E-state index contributed by atoms with van der Waals surface area (Å²) < 4.78 is 0.702. The number of halogens is 2. The van der Waals surface area contributed by atoms with Gasteiger partial charge in [-0.1, -0.05) is 55.2 Å². The molecule has 152 valence electrons. The molecule has 4 N–H and O–H groups in total. The molecule has 0 radical (unpaired) electrons. The number of carbonyl (C=O) groups is 2. The summed E-state index contributed by atoms with van der Waals surface area (Å²) in [6.45, 7) is 6.96. The molecule has 0 spiro atoms. The first-order valence-electron chi connectivity index (χ1n) is 8.79. The van der Waals surface area contributed by atoms with Crippen LogP contribution in [0, 0.1) is 11.3 Å². The zero-order chi connectivity index (χ0) is 20.8. The van der Waals surface area contributed by atoms with Crippen LogP contribution in [0.25, 0.3) is 0 Å². The number of benzene rings is 1. The highest BCUT2D eigenvalue weighted by molar-refractivity contribution is 9.10. The Morgan fingerprint density at radius 3 is 2.48 bits per heavy atom. The molecule has 0 aliphatic rings. The Labute approximate surface area is 173 Å². The molecular weight excluding hydrogens is 436 g/mol. The van der Waals surface area contributed by atoms with Crippen molar-refractivity contribution in [2.45, 2.75) is 46.3 Å². The number of amides is 2. The van der Waals surface area contributed by atoms with Crippen molar-refractivity contribution >= 4 is 39.3 Å². The largest absolute Gasteiger partial charge is 0.396 e. The first-order valence-corrected chi connectivity index (χ1v) is 9.96. The van der Waals surface area contributed by atoms with E-state index in [0.29, 0.717) is 10.9 Å². The van der Waals surface area contributed by atoms with Crippen molar-refractivity contribution in [3.8, 4) is 0 Å². The van der Waals surface area contributed by atoms with Gasteiger partial charge in [0, 0.05) is 9.89 Å². The highest BCUT2D eigenvalue weighted by Gasteiger charge is 2.35. The summed E-state index contributed by atoms with van der Waals surface area (Å²) >= 11 is 9.29. The van der Waals surface area contributed by atoms with Crippen LogP contribution in [0.2, 0.25) is 5.02 Å². The smallest absolute Gasteiger partial charge is 0.253 e. The fraction of sp³-hybridized carbons (Fsp3) is 0.579. The number of hydrogen-bond donors (Lipinski definition) is 4. The van der Waals surface area contributed by atoms with E-state index in [0.717, 1.165) is 0 Å². The van der Waals surface area contributed by atoms with Gasteiger partial charge in [-0.15, -0.1) is 0 Å². The van der Waals surface area contributed by atoms with Gasteiger partial charge in [0.2, 0.25) is 5.91 Å². The van der Waals surface area contributed by atoms with Gasteiger partial charge in [-0.25, -0.2) is 0 Å². The van der Waals surface area contributed by atoms with Gasteiger partial charge in [-0.2, -0.15) is 0 Å². The monoisotopic (exact) mass is 462 g/mol. The lowest BCUT2D eigenvalue weighted by Gasteiger charge is -2.35. The first-order chi connectivity index (χ1) is 12.5. The normalized spacial score (nSPS) is 14.0. The second kappa shape index (κ2) is 10.4. The second-order valence-corrected chi connectivity index (χ2v) is 9.02. The van der Waals surface area contributed by atoms with Crippen LogP contribution in [-0.2, 0) is 4.79 Å².